The SMILES string of the molecule is CCCC(CP(=O)(O)OCCC[C@H](NC(=O)CC[C@H](CC(=O)CCCCCNC(=O)CCC(NC(=O)CCOCCOCCOCCOCCCC(=O)CCC(=O)N1Cc2ccccc2-c2c(nnn2CCCNC(=O)CN2CCN(CC(=O)O)CCN(CC(=O)O)CCN(CC(=O)O)CC2)-c2ccccc21)C(=O)NC(CCCCNC(=O)CCCc1ccc(I)cc1)C(=O)O)C(=O)O)C(=O)O)C(=O)O. The van der Waals surface area contributed by atoms with Crippen LogP contribution in [0.15, 0.2) is 72.8 Å². The van der Waals surface area contributed by atoms with Crippen LogP contribution in [0.1, 0.15) is 172 Å². The maximum Gasteiger partial charge on any atom is 0.328 e. The number of aliphatic carboxylic acids is 7. The molecule has 2 aliphatic heterocycles. The van der Waals surface area contributed by atoms with Gasteiger partial charge in [0.2, 0.25) is 41.4 Å². The van der Waals surface area contributed by atoms with Gasteiger partial charge in [0, 0.05) is 158 Å². The van der Waals surface area contributed by atoms with Crippen LogP contribution in [0, 0.1) is 15.4 Å². The second kappa shape index (κ2) is 66.1. The summed E-state index contributed by atoms with van der Waals surface area (Å²) in [6.45, 7) is 4.91. The molecular weight excluding hydrogens is 1960 g/mol. The number of aryl methyl sites for hydroxylation is 2. The Labute approximate surface area is 827 Å². The minimum atomic E-state index is -4.33. The van der Waals surface area contributed by atoms with Crippen molar-refractivity contribution < 1.29 is 145 Å². The number of unbranched alkanes of at least 4 members (excludes halogenated alkanes) is 3. The lowest BCUT2D eigenvalue weighted by atomic mass is 9.94. The van der Waals surface area contributed by atoms with Gasteiger partial charge in [0.25, 0.3) is 0 Å². The number of nitrogens with zero attached hydrogens (tertiary/aromatic N) is 8. The quantitative estimate of drug-likeness (QED) is 0.0158. The third kappa shape index (κ3) is 48.2. The first kappa shape index (κ1) is 118. The van der Waals surface area contributed by atoms with Crippen LogP contribution in [0.5, 0.6) is 0 Å². The first-order chi connectivity index (χ1) is 67.1. The van der Waals surface area contributed by atoms with Gasteiger partial charge >= 0.3 is 49.4 Å². The first-order valence-corrected chi connectivity index (χ1v) is 50.5. The van der Waals surface area contributed by atoms with E-state index in [2.05, 4.69) is 64.8 Å². The van der Waals surface area contributed by atoms with Crippen molar-refractivity contribution in [1.29, 1.82) is 0 Å². The molecule has 7 amide bonds. The van der Waals surface area contributed by atoms with Crippen molar-refractivity contribution in [3.8, 4) is 22.5 Å². The Morgan fingerprint density at radius 3 is 1.54 bits per heavy atom. The van der Waals surface area contributed by atoms with E-state index in [0.717, 1.165) is 32.4 Å². The van der Waals surface area contributed by atoms with Crippen LogP contribution in [0.25, 0.3) is 22.5 Å². The number of para-hydroxylation sites is 1. The number of aromatic nitrogens is 3. The zero-order valence-electron chi connectivity index (χ0n) is 79.5. The number of carbonyl (C=O) groups excluding carboxylic acids is 9. The lowest BCUT2D eigenvalue weighted by molar-refractivity contribution is -0.145. The van der Waals surface area contributed by atoms with Crippen LogP contribution >= 0.6 is 30.2 Å². The zero-order valence-corrected chi connectivity index (χ0v) is 82.6. The van der Waals surface area contributed by atoms with Crippen molar-refractivity contribution in [3.05, 3.63) is 87.5 Å². The normalized spacial score (nSPS) is 14.8. The Bertz CT molecular complexity index is 4670. The van der Waals surface area contributed by atoms with Gasteiger partial charge in [-0.2, -0.15) is 0 Å². The highest BCUT2D eigenvalue weighted by Gasteiger charge is 2.35. The van der Waals surface area contributed by atoms with Gasteiger partial charge in [-0.1, -0.05) is 79.6 Å². The van der Waals surface area contributed by atoms with Crippen LogP contribution in [-0.4, -0.2) is 352 Å². The first-order valence-electron chi connectivity index (χ1n) is 47.7. The van der Waals surface area contributed by atoms with Crippen molar-refractivity contribution in [2.45, 2.75) is 199 Å². The molecule has 0 saturated carbocycles. The van der Waals surface area contributed by atoms with E-state index >= 15 is 0 Å². The standard InChI is InChI=1S/C94H138IN14O30P/c1-2-16-69(92(127)128)65-140(133,134)139-51-14-24-76(93(129)130)100-81(114)34-29-67(91(125)126)59-72(111)19-4-3-10-38-97-80(113)35-33-75(90(124)101-77(94(131)132)23-9-11-39-96-79(112)26-12-17-66-27-30-70(95)31-28-66)99-82(115)37-52-136-54-56-138-58-57-137-55-53-135-50-13-20-71(110)32-36-84(117)108-60-68-18-5-6-21-73(68)89-88(74-22-7-8-25-78(74)108)102-103-109(89)41-15-40-98-83(116)61-104-42-44-105(62-85(118)119)46-48-107(64-87(122)123)49-47-106(45-43-104)63-86(120)121/h5-8,18,21-22,25,27-28,30-31,67,69,75-77H,2-4,9-17,19-20,23-24,26,29,32-65H2,1H3,(H,96,112)(H,97,113)(H,98,116)(H,99,115)(H,100,114)(H,101,124)(H,118,119)(H,120,121)(H,122,123)(H,125,126)(H,127,128)(H,129,130)(H,131,132)(H,133,134)/t67-,69?,75?,76+,77?/m1/s1. The molecule has 0 aliphatic carbocycles. The highest BCUT2D eigenvalue weighted by molar-refractivity contribution is 14.1. The number of benzene rings is 3. The molecule has 3 heterocycles. The molecule has 0 radical (unpaired) electrons. The molecule has 1 aromatic heterocycles. The van der Waals surface area contributed by atoms with E-state index in [9.17, 15) is 122 Å². The summed E-state index contributed by atoms with van der Waals surface area (Å²) in [5.41, 5.74) is 5.22. The van der Waals surface area contributed by atoms with Gasteiger partial charge in [0.05, 0.1) is 115 Å². The van der Waals surface area contributed by atoms with Crippen LogP contribution in [0.4, 0.5) is 5.69 Å². The topological polar surface area (TPSA) is 617 Å². The Morgan fingerprint density at radius 2 is 0.943 bits per heavy atom. The number of hydrogen-bond acceptors (Lipinski definition) is 28. The summed E-state index contributed by atoms with van der Waals surface area (Å²) in [6, 6.07) is 18.8. The van der Waals surface area contributed by atoms with Crippen LogP contribution in [0.3, 0.4) is 0 Å². The molecule has 14 N–H and O–H groups in total. The number of anilines is 1. The summed E-state index contributed by atoms with van der Waals surface area (Å²) in [5, 5.41) is 92.9. The smallest absolute Gasteiger partial charge is 0.328 e. The Morgan fingerprint density at radius 1 is 0.436 bits per heavy atom. The maximum atomic E-state index is 14.3. The molecule has 4 unspecified atom stereocenters. The van der Waals surface area contributed by atoms with Gasteiger partial charge < -0.3 is 101 Å². The van der Waals surface area contributed by atoms with Gasteiger partial charge in [-0.05, 0) is 142 Å². The van der Waals surface area contributed by atoms with Gasteiger partial charge in [0.15, 0.2) is 0 Å². The predicted molar refractivity (Wildman–Crippen MR) is 516 cm³/mol. The highest BCUT2D eigenvalue weighted by Crippen LogP contribution is 2.45. The second-order valence-corrected chi connectivity index (χ2v) is 37.6. The summed E-state index contributed by atoms with van der Waals surface area (Å²) >= 11 is 2.22. The minimum Gasteiger partial charge on any atom is -0.481 e. The molecule has 46 heteroatoms. The van der Waals surface area contributed by atoms with E-state index in [1.54, 1.807) is 31.2 Å². The fourth-order valence-corrected chi connectivity index (χ4v) is 17.4. The maximum absolute atomic E-state index is 14.3. The largest absolute Gasteiger partial charge is 0.481 e. The van der Waals surface area contributed by atoms with E-state index in [1.165, 1.54) is 0 Å². The van der Waals surface area contributed by atoms with Crippen LogP contribution in [-0.2, 0) is 124 Å². The molecule has 6 rings (SSSR count). The molecule has 140 heavy (non-hydrogen) atoms. The van der Waals surface area contributed by atoms with E-state index in [0.29, 0.717) is 87.7 Å². The summed E-state index contributed by atoms with van der Waals surface area (Å²) in [6.07, 6.45) is 2.14. The Hall–Kier alpha value is -10.7. The number of amides is 7. The van der Waals surface area contributed by atoms with Gasteiger partial charge in [-0.3, -0.25) is 91.3 Å². The fourth-order valence-electron chi connectivity index (χ4n) is 15.7. The molecule has 1 fully saturated rings. The Balaban J connectivity index is 0.866. The van der Waals surface area contributed by atoms with E-state index < -0.39 is 134 Å². The molecular formula is C94H138IN14O30P. The van der Waals surface area contributed by atoms with Crippen molar-refractivity contribution in [2.75, 3.05) is 169 Å². The molecule has 44 nitrogen and oxygen atoms in total. The number of rotatable bonds is 71. The third-order valence-corrected chi connectivity index (χ3v) is 25.4. The molecule has 6 atom stereocenters. The number of ketones is 2. The summed E-state index contributed by atoms with van der Waals surface area (Å²) in [5.74, 6) is -15.0. The summed E-state index contributed by atoms with van der Waals surface area (Å²) < 4.78 is 42.9. The van der Waals surface area contributed by atoms with Crippen LogP contribution < -0.4 is 36.8 Å². The number of hydrogen-bond donors (Lipinski definition) is 14. The molecule has 0 spiro atoms. The van der Waals surface area contributed by atoms with Gasteiger partial charge in [-0.25, -0.2) is 14.3 Å². The number of nitrogens with one attached hydrogen (secondary N) is 6. The van der Waals surface area contributed by atoms with Gasteiger partial charge in [-0.15, -0.1) is 5.10 Å². The fraction of sp³-hybridized carbons (Fsp3) is 0.617. The predicted octanol–water partition coefficient (Wildman–Crippen LogP) is 4.94. The second-order valence-electron chi connectivity index (χ2n) is 34.4. The number of halogens is 1. The van der Waals surface area contributed by atoms with Gasteiger partial charge in [0.1, 0.15) is 35.4 Å². The van der Waals surface area contributed by atoms with Crippen LogP contribution in [0.2, 0.25) is 0 Å². The highest BCUT2D eigenvalue weighted by atomic mass is 127. The van der Waals surface area contributed by atoms with E-state index in [1.807, 2.05) is 77.7 Å². The Kier molecular flexibility index (Phi) is 55.7. The monoisotopic (exact) mass is 2100 g/mol. The average Bonchev–Trinajstić information content (AvgIpc) is 1.56. The number of ether oxygens (including phenoxy) is 4. The zero-order chi connectivity index (χ0) is 102. The van der Waals surface area contributed by atoms with Crippen molar-refractivity contribution in [3.63, 3.8) is 0 Å². The molecule has 4 aromatic rings. The molecule has 1 saturated heterocycles. The lowest BCUT2D eigenvalue weighted by Crippen LogP contribution is -2.52. The van der Waals surface area contributed by atoms with E-state index in [4.69, 9.17) is 23.5 Å². The molecule has 0 bridgehead atoms. The third-order valence-electron chi connectivity index (χ3n) is 23.2. The van der Waals surface area contributed by atoms with Crippen molar-refractivity contribution >= 4 is 131 Å². The molecule has 2 aliphatic rings. The number of Topliss-reactive ketones (excluding diaryl/α,β-unsaturated/α-hetero) is 2. The lowest BCUT2D eigenvalue weighted by Gasteiger charge is -2.32. The number of fused-ring (bicyclic) bond motifs is 5. The van der Waals surface area contributed by atoms with Crippen molar-refractivity contribution in [1.82, 2.24) is 66.5 Å². The molecule has 3 aromatic carbocycles. The minimum absolute atomic E-state index is 0.000863. The molecule has 776 valence electrons. The van der Waals surface area contributed by atoms with E-state index in [-0.39, 0.29) is 258 Å². The number of carboxylic acids is 7. The number of carboxylic acid groups (broad SMARTS) is 7. The summed E-state index contributed by atoms with van der Waals surface area (Å²) in [7, 11) is -4.33. The van der Waals surface area contributed by atoms with Crippen molar-refractivity contribution in [2.24, 2.45) is 11.8 Å². The average molecular weight is 2100 g/mol. The number of carbonyl (C=O) groups is 16. The summed E-state index contributed by atoms with van der Waals surface area (Å²) in [4.78, 5) is 221.